The zero-order chi connectivity index (χ0) is 19.4. The van der Waals surface area contributed by atoms with Gasteiger partial charge in [0.1, 0.15) is 5.75 Å². The normalized spacial score (nSPS) is 27.5. The standard InChI is InChI=1S/C24H21NO3/c1-14(15-7-4-3-5-8-15)20-18-11-12-19(20)22-21(18)23(26)25(24(22)27)16-9-6-10-17(13-16)28-2/h3-13,18-19,21-22H,1-2H3/t18-,19-,21+,22+/m0/s1. The van der Waals surface area contributed by atoms with Crippen molar-refractivity contribution in [2.24, 2.45) is 23.7 Å². The number of imide groups is 1. The highest BCUT2D eigenvalue weighted by Gasteiger charge is 2.62. The summed E-state index contributed by atoms with van der Waals surface area (Å²) in [6, 6.07) is 17.4. The Morgan fingerprint density at radius 3 is 2.14 bits per heavy atom. The van der Waals surface area contributed by atoms with E-state index < -0.39 is 0 Å². The fourth-order valence-electron chi connectivity index (χ4n) is 5.12. The zero-order valence-electron chi connectivity index (χ0n) is 15.8. The lowest BCUT2D eigenvalue weighted by atomic mass is 9.85. The number of fused-ring (bicyclic) bond motifs is 5. The molecule has 0 aromatic heterocycles. The average Bonchev–Trinajstić information content (AvgIpc) is 3.37. The molecule has 4 atom stereocenters. The Bertz CT molecular complexity index is 1000. The van der Waals surface area contributed by atoms with Crippen LogP contribution in [0.5, 0.6) is 5.75 Å². The molecule has 3 aliphatic rings. The minimum Gasteiger partial charge on any atom is -0.497 e. The number of hydrogen-bond donors (Lipinski definition) is 0. The third-order valence-electron chi connectivity index (χ3n) is 6.37. The summed E-state index contributed by atoms with van der Waals surface area (Å²) in [6.45, 7) is 2.10. The van der Waals surface area contributed by atoms with Crippen LogP contribution in [0.3, 0.4) is 0 Å². The number of carbonyl (C=O) groups excluding carboxylic acids is 2. The number of anilines is 1. The maximum atomic E-state index is 13.3. The van der Waals surface area contributed by atoms with Gasteiger partial charge in [-0.3, -0.25) is 9.59 Å². The second-order valence-electron chi connectivity index (χ2n) is 7.65. The minimum absolute atomic E-state index is 0.00210. The molecule has 1 saturated carbocycles. The van der Waals surface area contributed by atoms with Crippen LogP contribution in [0.15, 0.2) is 72.3 Å². The van der Waals surface area contributed by atoms with Gasteiger partial charge in [0.05, 0.1) is 24.6 Å². The van der Waals surface area contributed by atoms with Gasteiger partial charge in [-0.15, -0.1) is 0 Å². The second kappa shape index (κ2) is 6.20. The first kappa shape index (κ1) is 17.0. The van der Waals surface area contributed by atoms with Crippen LogP contribution in [0.2, 0.25) is 0 Å². The van der Waals surface area contributed by atoms with Crippen molar-refractivity contribution >= 4 is 23.1 Å². The van der Waals surface area contributed by atoms with Crippen LogP contribution in [-0.2, 0) is 9.59 Å². The van der Waals surface area contributed by atoms with Crippen molar-refractivity contribution in [3.8, 4) is 5.75 Å². The quantitative estimate of drug-likeness (QED) is 0.603. The summed E-state index contributed by atoms with van der Waals surface area (Å²) >= 11 is 0. The van der Waals surface area contributed by atoms with E-state index in [-0.39, 0.29) is 35.5 Å². The number of nitrogens with zero attached hydrogens (tertiary/aromatic N) is 1. The van der Waals surface area contributed by atoms with Crippen molar-refractivity contribution in [2.45, 2.75) is 6.92 Å². The Morgan fingerprint density at radius 1 is 0.893 bits per heavy atom. The maximum Gasteiger partial charge on any atom is 0.238 e. The van der Waals surface area contributed by atoms with Crippen LogP contribution in [0, 0.1) is 23.7 Å². The number of amides is 2. The van der Waals surface area contributed by atoms with Gasteiger partial charge in [-0.1, -0.05) is 54.1 Å². The summed E-state index contributed by atoms with van der Waals surface area (Å²) in [4.78, 5) is 28.0. The minimum atomic E-state index is -0.303. The van der Waals surface area contributed by atoms with Crippen molar-refractivity contribution in [2.75, 3.05) is 12.0 Å². The van der Waals surface area contributed by atoms with E-state index in [2.05, 4.69) is 31.2 Å². The number of hydrogen-bond acceptors (Lipinski definition) is 3. The van der Waals surface area contributed by atoms with E-state index in [1.807, 2.05) is 24.3 Å². The fourth-order valence-corrected chi connectivity index (χ4v) is 5.12. The Balaban J connectivity index is 1.54. The number of allylic oxidation sites excluding steroid dienone is 4. The second-order valence-corrected chi connectivity index (χ2v) is 7.65. The van der Waals surface area contributed by atoms with E-state index in [9.17, 15) is 9.59 Å². The first-order chi connectivity index (χ1) is 13.6. The van der Waals surface area contributed by atoms with Gasteiger partial charge in [0.15, 0.2) is 0 Å². The molecule has 2 aromatic carbocycles. The summed E-state index contributed by atoms with van der Waals surface area (Å²) in [5.41, 5.74) is 4.16. The summed E-state index contributed by atoms with van der Waals surface area (Å²) in [6.07, 6.45) is 4.24. The lowest BCUT2D eigenvalue weighted by Crippen LogP contribution is -2.33. The van der Waals surface area contributed by atoms with Crippen molar-refractivity contribution in [1.82, 2.24) is 0 Å². The highest BCUT2D eigenvalue weighted by atomic mass is 16.5. The summed E-state index contributed by atoms with van der Waals surface area (Å²) in [7, 11) is 1.58. The first-order valence-corrected chi connectivity index (χ1v) is 9.58. The summed E-state index contributed by atoms with van der Waals surface area (Å²) in [5.74, 6) is -0.164. The van der Waals surface area contributed by atoms with Crippen molar-refractivity contribution < 1.29 is 14.3 Å². The maximum absolute atomic E-state index is 13.3. The van der Waals surface area contributed by atoms with E-state index in [0.717, 1.165) is 5.56 Å². The average molecular weight is 371 g/mol. The number of carbonyl (C=O) groups is 2. The molecule has 4 heteroatoms. The molecule has 1 saturated heterocycles. The van der Waals surface area contributed by atoms with Crippen LogP contribution in [-0.4, -0.2) is 18.9 Å². The molecule has 28 heavy (non-hydrogen) atoms. The first-order valence-electron chi connectivity index (χ1n) is 9.58. The molecular weight excluding hydrogens is 350 g/mol. The van der Waals surface area contributed by atoms with Crippen LogP contribution >= 0.6 is 0 Å². The van der Waals surface area contributed by atoms with Crippen LogP contribution in [0.25, 0.3) is 5.57 Å². The fraction of sp³-hybridized carbons (Fsp3) is 0.250. The Kier molecular flexibility index (Phi) is 3.76. The van der Waals surface area contributed by atoms with E-state index in [4.69, 9.17) is 4.74 Å². The molecule has 2 amide bonds. The van der Waals surface area contributed by atoms with Gasteiger partial charge >= 0.3 is 0 Å². The van der Waals surface area contributed by atoms with Gasteiger partial charge in [0.2, 0.25) is 11.8 Å². The molecule has 0 spiro atoms. The topological polar surface area (TPSA) is 46.6 Å². The van der Waals surface area contributed by atoms with Gasteiger partial charge in [-0.25, -0.2) is 4.90 Å². The van der Waals surface area contributed by atoms with Gasteiger partial charge in [-0.05, 0) is 30.2 Å². The predicted molar refractivity (Wildman–Crippen MR) is 108 cm³/mol. The number of benzene rings is 2. The van der Waals surface area contributed by atoms with Gasteiger partial charge in [0, 0.05) is 17.9 Å². The van der Waals surface area contributed by atoms with Crippen molar-refractivity contribution in [3.63, 3.8) is 0 Å². The smallest absolute Gasteiger partial charge is 0.238 e. The molecule has 5 rings (SSSR count). The SMILES string of the molecule is COc1cccc(N2C(=O)[C@H]3[C@H](C2=O)[C@H]2C=C[C@H]3C2=C(C)c2ccccc2)c1. The monoisotopic (exact) mass is 371 g/mol. The van der Waals surface area contributed by atoms with Crippen LogP contribution in [0.4, 0.5) is 5.69 Å². The van der Waals surface area contributed by atoms with Crippen LogP contribution in [0.1, 0.15) is 12.5 Å². The molecule has 2 aromatic rings. The number of methoxy groups -OCH3 is 1. The predicted octanol–water partition coefficient (Wildman–Crippen LogP) is 4.09. The zero-order valence-corrected chi connectivity index (χ0v) is 15.8. The van der Waals surface area contributed by atoms with E-state index in [1.54, 1.807) is 25.3 Å². The summed E-state index contributed by atoms with van der Waals surface area (Å²) < 4.78 is 5.26. The lowest BCUT2D eigenvalue weighted by molar-refractivity contribution is -0.122. The van der Waals surface area contributed by atoms with Gasteiger partial charge < -0.3 is 4.74 Å². The Labute approximate surface area is 164 Å². The van der Waals surface area contributed by atoms with Gasteiger partial charge in [-0.2, -0.15) is 0 Å². The highest BCUT2D eigenvalue weighted by Crippen LogP contribution is 2.58. The molecule has 2 aliphatic carbocycles. The highest BCUT2D eigenvalue weighted by molar-refractivity contribution is 6.23. The molecule has 140 valence electrons. The summed E-state index contributed by atoms with van der Waals surface area (Å²) in [5, 5.41) is 0. The number of ether oxygens (including phenoxy) is 1. The molecule has 1 aliphatic heterocycles. The van der Waals surface area contributed by atoms with Crippen LogP contribution < -0.4 is 9.64 Å². The molecule has 2 fully saturated rings. The Morgan fingerprint density at radius 2 is 1.54 bits per heavy atom. The molecule has 1 heterocycles. The largest absolute Gasteiger partial charge is 0.497 e. The molecule has 4 nitrogen and oxygen atoms in total. The molecular formula is C24H21NO3. The molecule has 2 bridgehead atoms. The Hall–Kier alpha value is -3.14. The van der Waals surface area contributed by atoms with Gasteiger partial charge in [0.25, 0.3) is 0 Å². The van der Waals surface area contributed by atoms with E-state index >= 15 is 0 Å². The lowest BCUT2D eigenvalue weighted by Gasteiger charge is -2.20. The van der Waals surface area contributed by atoms with Crippen molar-refractivity contribution in [3.05, 3.63) is 77.9 Å². The van der Waals surface area contributed by atoms with E-state index in [1.165, 1.54) is 16.0 Å². The molecule has 0 N–H and O–H groups in total. The van der Waals surface area contributed by atoms with Crippen molar-refractivity contribution in [1.29, 1.82) is 0 Å². The molecule has 0 radical (unpaired) electrons. The third kappa shape index (κ3) is 2.24. The molecule has 0 unspecified atom stereocenters. The number of rotatable bonds is 3. The van der Waals surface area contributed by atoms with E-state index in [0.29, 0.717) is 11.4 Å². The third-order valence-corrected chi connectivity index (χ3v) is 6.37.